The topological polar surface area (TPSA) is 84.4 Å². The second-order valence-electron chi connectivity index (χ2n) is 6.19. The first-order valence-corrected chi connectivity index (χ1v) is 8.65. The fourth-order valence-electron chi connectivity index (χ4n) is 2.81. The quantitative estimate of drug-likeness (QED) is 0.796. The summed E-state index contributed by atoms with van der Waals surface area (Å²) in [6.07, 6.45) is 2.14. The highest BCUT2D eigenvalue weighted by Crippen LogP contribution is 2.23. The number of hydrogen-bond acceptors (Lipinski definition) is 7. The summed E-state index contributed by atoms with van der Waals surface area (Å²) in [5.74, 6) is 0.608. The third-order valence-electron chi connectivity index (χ3n) is 3.84. The number of hydrogen-bond donors (Lipinski definition) is 1. The van der Waals surface area contributed by atoms with Crippen molar-refractivity contribution < 1.29 is 14.3 Å². The smallest absolute Gasteiger partial charge is 0.328 e. The molecule has 1 aliphatic rings. The maximum absolute atomic E-state index is 12.9. The number of carbonyl (C=O) groups excluding carboxylic acids is 2. The summed E-state index contributed by atoms with van der Waals surface area (Å²) >= 11 is 1.24. The molecule has 2 heterocycles. The van der Waals surface area contributed by atoms with Gasteiger partial charge in [0.2, 0.25) is 11.0 Å². The van der Waals surface area contributed by atoms with Crippen molar-refractivity contribution in [2.45, 2.75) is 52.1 Å². The second kappa shape index (κ2) is 7.72. The Morgan fingerprint density at radius 3 is 2.78 bits per heavy atom. The molecule has 1 saturated heterocycles. The minimum atomic E-state index is -0.472. The van der Waals surface area contributed by atoms with Gasteiger partial charge in [-0.15, -0.1) is 0 Å². The number of aromatic nitrogens is 2. The zero-order chi connectivity index (χ0) is 17.0. The van der Waals surface area contributed by atoms with Crippen LogP contribution in [0.1, 0.15) is 38.9 Å². The largest absolute Gasteiger partial charge is 0.467 e. The number of nitrogens with zero attached hydrogens (tertiary/aromatic N) is 3. The minimum absolute atomic E-state index is 0.0700. The van der Waals surface area contributed by atoms with Crippen molar-refractivity contribution in [3.63, 3.8) is 0 Å². The molecule has 1 fully saturated rings. The SMILES string of the molecule is COC(=O)[C@@H]1CCCN1C(=O)[C@H](CC(C)C)Nc1nc(C)ns1. The number of aryl methyl sites for hydroxylation is 1. The van der Waals surface area contributed by atoms with Crippen LogP contribution in [0, 0.1) is 12.8 Å². The number of ether oxygens (including phenoxy) is 1. The van der Waals surface area contributed by atoms with E-state index in [-0.39, 0.29) is 11.9 Å². The Hall–Kier alpha value is -1.70. The lowest BCUT2D eigenvalue weighted by molar-refractivity contribution is -0.151. The van der Waals surface area contributed by atoms with Crippen LogP contribution in [-0.4, -0.2) is 51.9 Å². The number of anilines is 1. The van der Waals surface area contributed by atoms with Gasteiger partial charge in [-0.05, 0) is 32.1 Å². The molecule has 1 aromatic rings. The van der Waals surface area contributed by atoms with Crippen molar-refractivity contribution in [2.75, 3.05) is 19.0 Å². The lowest BCUT2D eigenvalue weighted by Gasteiger charge is -2.28. The molecular formula is C15H24N4O3S. The normalized spacial score (nSPS) is 19.0. The highest BCUT2D eigenvalue weighted by molar-refractivity contribution is 7.09. The van der Waals surface area contributed by atoms with Gasteiger partial charge in [-0.25, -0.2) is 9.78 Å². The Kier molecular flexibility index (Phi) is 5.92. The summed E-state index contributed by atoms with van der Waals surface area (Å²) in [7, 11) is 1.36. The van der Waals surface area contributed by atoms with E-state index in [9.17, 15) is 9.59 Å². The number of amides is 1. The molecule has 128 valence electrons. The summed E-state index contributed by atoms with van der Waals surface area (Å²) < 4.78 is 8.95. The van der Waals surface area contributed by atoms with Gasteiger partial charge in [0, 0.05) is 18.1 Å². The van der Waals surface area contributed by atoms with Crippen LogP contribution in [0.15, 0.2) is 0 Å². The Morgan fingerprint density at radius 1 is 1.48 bits per heavy atom. The van der Waals surface area contributed by atoms with Gasteiger partial charge < -0.3 is 15.0 Å². The van der Waals surface area contributed by atoms with Crippen LogP contribution in [0.5, 0.6) is 0 Å². The van der Waals surface area contributed by atoms with Gasteiger partial charge in [0.15, 0.2) is 0 Å². The average Bonchev–Trinajstić information content (AvgIpc) is 3.13. The van der Waals surface area contributed by atoms with Crippen LogP contribution >= 0.6 is 11.5 Å². The van der Waals surface area contributed by atoms with Crippen molar-refractivity contribution in [1.82, 2.24) is 14.3 Å². The first kappa shape index (κ1) is 17.7. The van der Waals surface area contributed by atoms with Gasteiger partial charge in [-0.2, -0.15) is 4.37 Å². The molecule has 1 N–H and O–H groups in total. The monoisotopic (exact) mass is 340 g/mol. The van der Waals surface area contributed by atoms with Crippen LogP contribution in [-0.2, 0) is 14.3 Å². The lowest BCUT2D eigenvalue weighted by Crippen LogP contribution is -2.48. The third-order valence-corrected chi connectivity index (χ3v) is 4.58. The molecule has 0 aromatic carbocycles. The van der Waals surface area contributed by atoms with Gasteiger partial charge in [0.25, 0.3) is 0 Å². The van der Waals surface area contributed by atoms with Crippen molar-refractivity contribution in [3.05, 3.63) is 5.82 Å². The minimum Gasteiger partial charge on any atom is -0.467 e. The maximum Gasteiger partial charge on any atom is 0.328 e. The molecule has 23 heavy (non-hydrogen) atoms. The van der Waals surface area contributed by atoms with Crippen LogP contribution in [0.25, 0.3) is 0 Å². The first-order chi connectivity index (χ1) is 10.9. The molecule has 0 aliphatic carbocycles. The van der Waals surface area contributed by atoms with Gasteiger partial charge in [0.1, 0.15) is 17.9 Å². The van der Waals surface area contributed by atoms with E-state index in [1.165, 1.54) is 18.6 Å². The Morgan fingerprint density at radius 2 is 2.22 bits per heavy atom. The molecule has 2 rings (SSSR count). The van der Waals surface area contributed by atoms with Crippen LogP contribution < -0.4 is 5.32 Å². The molecule has 0 saturated carbocycles. The Bertz CT molecular complexity index is 561. The van der Waals surface area contributed by atoms with E-state index in [1.807, 2.05) is 6.92 Å². The van der Waals surface area contributed by atoms with Crippen molar-refractivity contribution in [3.8, 4) is 0 Å². The maximum atomic E-state index is 12.9. The molecular weight excluding hydrogens is 316 g/mol. The fourth-order valence-corrected chi connectivity index (χ4v) is 3.44. The summed E-state index contributed by atoms with van der Waals surface area (Å²) in [4.78, 5) is 30.7. The molecule has 7 nitrogen and oxygen atoms in total. The molecule has 0 bridgehead atoms. The standard InChI is InChI=1S/C15H24N4O3S/c1-9(2)8-11(17-15-16-10(3)18-23-15)13(20)19-7-5-6-12(19)14(21)22-4/h9,11-12H,5-8H2,1-4H3,(H,16,17,18)/t11-,12-/m0/s1. The molecule has 8 heteroatoms. The number of carbonyl (C=O) groups is 2. The summed E-state index contributed by atoms with van der Waals surface area (Å²) in [5, 5.41) is 3.82. The fraction of sp³-hybridized carbons (Fsp3) is 0.733. The summed E-state index contributed by atoms with van der Waals surface area (Å²) in [6.45, 7) is 6.53. The first-order valence-electron chi connectivity index (χ1n) is 7.87. The summed E-state index contributed by atoms with van der Waals surface area (Å²) in [5.41, 5.74) is 0. The van der Waals surface area contributed by atoms with Crippen LogP contribution in [0.2, 0.25) is 0 Å². The van der Waals surface area contributed by atoms with Crippen LogP contribution in [0.3, 0.4) is 0 Å². The molecule has 1 aromatic heterocycles. The van der Waals surface area contributed by atoms with E-state index in [2.05, 4.69) is 28.5 Å². The van der Waals surface area contributed by atoms with E-state index in [4.69, 9.17) is 4.74 Å². The van der Waals surface area contributed by atoms with Crippen molar-refractivity contribution in [2.24, 2.45) is 5.92 Å². The number of rotatable bonds is 6. The molecule has 2 atom stereocenters. The van der Waals surface area contributed by atoms with E-state index in [0.717, 1.165) is 6.42 Å². The third kappa shape index (κ3) is 4.40. The van der Waals surface area contributed by atoms with Crippen LogP contribution in [0.4, 0.5) is 5.13 Å². The Labute approximate surface area is 140 Å². The highest BCUT2D eigenvalue weighted by atomic mass is 32.1. The van der Waals surface area contributed by atoms with Crippen molar-refractivity contribution in [1.29, 1.82) is 0 Å². The number of likely N-dealkylation sites (tertiary alicyclic amines) is 1. The van der Waals surface area contributed by atoms with E-state index < -0.39 is 12.1 Å². The van der Waals surface area contributed by atoms with E-state index in [1.54, 1.807) is 4.90 Å². The zero-order valence-corrected chi connectivity index (χ0v) is 14.9. The van der Waals surface area contributed by atoms with E-state index in [0.29, 0.717) is 36.3 Å². The average molecular weight is 340 g/mol. The summed E-state index contributed by atoms with van der Waals surface area (Å²) in [6, 6.07) is -0.882. The number of methoxy groups -OCH3 is 1. The number of nitrogens with one attached hydrogen (secondary N) is 1. The molecule has 0 spiro atoms. The molecule has 0 radical (unpaired) electrons. The van der Waals surface area contributed by atoms with Gasteiger partial charge >= 0.3 is 5.97 Å². The van der Waals surface area contributed by atoms with Gasteiger partial charge in [-0.3, -0.25) is 4.79 Å². The second-order valence-corrected chi connectivity index (χ2v) is 6.94. The molecule has 1 amide bonds. The predicted molar refractivity (Wildman–Crippen MR) is 88.3 cm³/mol. The molecule has 1 aliphatic heterocycles. The van der Waals surface area contributed by atoms with Gasteiger partial charge in [0.05, 0.1) is 7.11 Å². The lowest BCUT2D eigenvalue weighted by atomic mass is 10.0. The molecule has 0 unspecified atom stereocenters. The van der Waals surface area contributed by atoms with Crippen molar-refractivity contribution >= 4 is 28.5 Å². The van der Waals surface area contributed by atoms with E-state index >= 15 is 0 Å². The zero-order valence-electron chi connectivity index (χ0n) is 14.0. The highest BCUT2D eigenvalue weighted by Gasteiger charge is 2.38. The predicted octanol–water partition coefficient (Wildman–Crippen LogP) is 1.84. The number of esters is 1. The Balaban J connectivity index is 2.13. The van der Waals surface area contributed by atoms with Gasteiger partial charge in [-0.1, -0.05) is 13.8 Å².